The average Bonchev–Trinajstić information content (AvgIpc) is 2.45. The molecule has 1 aliphatic rings. The first-order valence-electron chi connectivity index (χ1n) is 8.42. The lowest BCUT2D eigenvalue weighted by molar-refractivity contribution is -0.120. The lowest BCUT2D eigenvalue weighted by Gasteiger charge is -2.31. The van der Waals surface area contributed by atoms with E-state index in [4.69, 9.17) is 10.7 Å². The number of halogens is 1. The fourth-order valence-corrected chi connectivity index (χ4v) is 3.27. The Morgan fingerprint density at radius 2 is 1.96 bits per heavy atom. The molecular weight excluding hydrogens is 308 g/mol. The van der Waals surface area contributed by atoms with E-state index in [9.17, 15) is 4.79 Å². The van der Waals surface area contributed by atoms with Crippen molar-refractivity contribution in [3.8, 4) is 0 Å². The molecule has 2 rings (SSSR count). The summed E-state index contributed by atoms with van der Waals surface area (Å²) < 4.78 is 0. The van der Waals surface area contributed by atoms with Gasteiger partial charge in [-0.15, -0.1) is 12.4 Å². The highest BCUT2D eigenvalue weighted by Crippen LogP contribution is 2.30. The topological polar surface area (TPSA) is 55.5 Å². The Balaban J connectivity index is 0.00000264. The van der Waals surface area contributed by atoms with Crippen LogP contribution in [-0.2, 0) is 11.2 Å². The minimum absolute atomic E-state index is 0. The van der Waals surface area contributed by atoms with E-state index in [-0.39, 0.29) is 29.8 Å². The second-order valence-electron chi connectivity index (χ2n) is 6.95. The van der Waals surface area contributed by atoms with Gasteiger partial charge in [0.05, 0.1) is 17.2 Å². The van der Waals surface area contributed by atoms with Crippen LogP contribution in [0.25, 0.3) is 0 Å². The van der Waals surface area contributed by atoms with Crippen LogP contribution in [0.2, 0.25) is 0 Å². The number of carbonyl (C=O) groups is 1. The van der Waals surface area contributed by atoms with Crippen LogP contribution in [0.1, 0.15) is 64.0 Å². The molecule has 1 heterocycles. The first-order valence-corrected chi connectivity index (χ1v) is 8.42. The molecule has 128 valence electrons. The molecule has 4 heteroatoms. The number of carbonyl (C=O) groups excluding carboxylic acids is 1. The van der Waals surface area contributed by atoms with Crippen LogP contribution < -0.4 is 5.73 Å². The van der Waals surface area contributed by atoms with Crippen molar-refractivity contribution in [2.24, 2.45) is 16.6 Å². The molecule has 0 fully saturated rings. The van der Waals surface area contributed by atoms with Crippen LogP contribution in [-0.4, -0.2) is 17.2 Å². The van der Waals surface area contributed by atoms with E-state index in [0.717, 1.165) is 37.0 Å². The minimum Gasteiger partial charge on any atom is -0.369 e. The van der Waals surface area contributed by atoms with E-state index >= 15 is 0 Å². The van der Waals surface area contributed by atoms with E-state index in [2.05, 4.69) is 39.0 Å². The molecule has 1 aromatic carbocycles. The standard InChI is InChI=1S/C19H28N2O.ClH/c1-4-5-6-7-12-16(18(20)22)17-15-11-9-8-10-14(15)13-19(2,3)21-17;/h8-11,16H,4-7,12-13H2,1-3H3,(H2,20,22);1H. The summed E-state index contributed by atoms with van der Waals surface area (Å²) in [5.41, 5.74) is 8.83. The van der Waals surface area contributed by atoms with Crippen molar-refractivity contribution in [3.05, 3.63) is 35.4 Å². The van der Waals surface area contributed by atoms with Crippen molar-refractivity contribution in [1.82, 2.24) is 0 Å². The third kappa shape index (κ3) is 5.07. The summed E-state index contributed by atoms with van der Waals surface area (Å²) in [6, 6.07) is 8.28. The van der Waals surface area contributed by atoms with E-state index in [1.807, 2.05) is 6.07 Å². The van der Waals surface area contributed by atoms with Gasteiger partial charge >= 0.3 is 0 Å². The lowest BCUT2D eigenvalue weighted by Crippen LogP contribution is -2.37. The van der Waals surface area contributed by atoms with Crippen LogP contribution in [0.4, 0.5) is 0 Å². The fourth-order valence-electron chi connectivity index (χ4n) is 3.27. The number of benzene rings is 1. The number of hydrogen-bond donors (Lipinski definition) is 1. The van der Waals surface area contributed by atoms with Gasteiger partial charge in [-0.1, -0.05) is 56.9 Å². The second-order valence-corrected chi connectivity index (χ2v) is 6.95. The average molecular weight is 337 g/mol. The van der Waals surface area contributed by atoms with Crippen molar-refractivity contribution in [1.29, 1.82) is 0 Å². The lowest BCUT2D eigenvalue weighted by atomic mass is 9.81. The Labute approximate surface area is 146 Å². The summed E-state index contributed by atoms with van der Waals surface area (Å²) in [4.78, 5) is 16.9. The molecule has 0 radical (unpaired) electrons. The highest BCUT2D eigenvalue weighted by Gasteiger charge is 2.32. The van der Waals surface area contributed by atoms with Crippen LogP contribution in [0.15, 0.2) is 29.3 Å². The quantitative estimate of drug-likeness (QED) is 0.741. The predicted molar refractivity (Wildman–Crippen MR) is 99.5 cm³/mol. The molecule has 0 aliphatic carbocycles. The second kappa shape index (κ2) is 8.49. The number of aliphatic imine (C=N–C) groups is 1. The molecule has 1 amide bonds. The molecule has 1 aliphatic heterocycles. The molecule has 0 bridgehead atoms. The number of nitrogens with zero attached hydrogens (tertiary/aromatic N) is 1. The zero-order valence-electron chi connectivity index (χ0n) is 14.5. The van der Waals surface area contributed by atoms with Gasteiger partial charge < -0.3 is 5.73 Å². The van der Waals surface area contributed by atoms with Crippen LogP contribution in [0.3, 0.4) is 0 Å². The third-order valence-electron chi connectivity index (χ3n) is 4.36. The molecular formula is C19H29ClN2O. The minimum atomic E-state index is -0.266. The van der Waals surface area contributed by atoms with E-state index < -0.39 is 0 Å². The number of hydrogen-bond acceptors (Lipinski definition) is 2. The largest absolute Gasteiger partial charge is 0.369 e. The van der Waals surface area contributed by atoms with Gasteiger partial charge in [-0.25, -0.2) is 0 Å². The molecule has 0 saturated heterocycles. The Morgan fingerprint density at radius 1 is 1.26 bits per heavy atom. The first-order chi connectivity index (χ1) is 10.4. The zero-order chi connectivity index (χ0) is 16.2. The van der Waals surface area contributed by atoms with E-state index in [0.29, 0.717) is 0 Å². The Bertz CT molecular complexity index is 566. The monoisotopic (exact) mass is 336 g/mol. The maximum Gasteiger partial charge on any atom is 0.226 e. The maximum atomic E-state index is 12.0. The van der Waals surface area contributed by atoms with Gasteiger partial charge in [-0.05, 0) is 37.8 Å². The number of fused-ring (bicyclic) bond motifs is 1. The van der Waals surface area contributed by atoms with Gasteiger partial charge in [-0.3, -0.25) is 9.79 Å². The van der Waals surface area contributed by atoms with E-state index in [1.54, 1.807) is 0 Å². The summed E-state index contributed by atoms with van der Waals surface area (Å²) in [7, 11) is 0. The maximum absolute atomic E-state index is 12.0. The normalized spacial score (nSPS) is 16.7. The van der Waals surface area contributed by atoms with Gasteiger partial charge in [0.15, 0.2) is 0 Å². The number of rotatable bonds is 7. The Kier molecular flexibility index (Phi) is 7.27. The first kappa shape index (κ1) is 19.7. The molecule has 0 spiro atoms. The predicted octanol–water partition coefficient (Wildman–Crippen LogP) is 4.30. The van der Waals surface area contributed by atoms with Gasteiger partial charge in [-0.2, -0.15) is 0 Å². The SMILES string of the molecule is CCCCCCC(C(N)=O)C1=NC(C)(C)Cc2ccccc21.Cl. The third-order valence-corrected chi connectivity index (χ3v) is 4.36. The Morgan fingerprint density at radius 3 is 2.61 bits per heavy atom. The van der Waals surface area contributed by atoms with Crippen LogP contribution >= 0.6 is 12.4 Å². The fraction of sp³-hybridized carbons (Fsp3) is 0.579. The summed E-state index contributed by atoms with van der Waals surface area (Å²) in [6.07, 6.45) is 6.30. The van der Waals surface area contributed by atoms with Crippen LogP contribution in [0, 0.1) is 5.92 Å². The number of primary amides is 1. The van der Waals surface area contributed by atoms with Crippen molar-refractivity contribution >= 4 is 24.0 Å². The van der Waals surface area contributed by atoms with Crippen LogP contribution in [0.5, 0.6) is 0 Å². The van der Waals surface area contributed by atoms with Crippen molar-refractivity contribution < 1.29 is 4.79 Å². The molecule has 2 N–H and O–H groups in total. The molecule has 3 nitrogen and oxygen atoms in total. The summed E-state index contributed by atoms with van der Waals surface area (Å²) >= 11 is 0. The highest BCUT2D eigenvalue weighted by atomic mass is 35.5. The molecule has 1 atom stereocenters. The number of unbranched alkanes of at least 4 members (excludes halogenated alkanes) is 3. The molecule has 0 aromatic heterocycles. The number of amides is 1. The smallest absolute Gasteiger partial charge is 0.226 e. The van der Waals surface area contributed by atoms with Gasteiger partial charge in [0, 0.05) is 0 Å². The highest BCUT2D eigenvalue weighted by molar-refractivity contribution is 6.14. The molecule has 0 saturated carbocycles. The van der Waals surface area contributed by atoms with Crippen molar-refractivity contribution in [3.63, 3.8) is 0 Å². The van der Waals surface area contributed by atoms with Gasteiger partial charge in [0.2, 0.25) is 5.91 Å². The zero-order valence-corrected chi connectivity index (χ0v) is 15.3. The molecule has 23 heavy (non-hydrogen) atoms. The molecule has 1 unspecified atom stereocenters. The van der Waals surface area contributed by atoms with Gasteiger partial charge in [0.1, 0.15) is 0 Å². The van der Waals surface area contributed by atoms with Crippen molar-refractivity contribution in [2.45, 2.75) is 64.8 Å². The summed E-state index contributed by atoms with van der Waals surface area (Å²) in [5.74, 6) is -0.514. The van der Waals surface area contributed by atoms with Gasteiger partial charge in [0.25, 0.3) is 0 Å². The number of nitrogens with two attached hydrogens (primary N) is 1. The molecule has 1 aromatic rings. The Hall–Kier alpha value is -1.35. The summed E-state index contributed by atoms with van der Waals surface area (Å²) in [6.45, 7) is 6.44. The van der Waals surface area contributed by atoms with E-state index in [1.165, 1.54) is 18.4 Å². The van der Waals surface area contributed by atoms with Crippen molar-refractivity contribution in [2.75, 3.05) is 0 Å². The summed E-state index contributed by atoms with van der Waals surface area (Å²) in [5, 5.41) is 0.